The Labute approximate surface area is 202 Å². The van der Waals surface area contributed by atoms with Crippen LogP contribution in [0.3, 0.4) is 0 Å². The minimum atomic E-state index is 0.864. The summed E-state index contributed by atoms with van der Waals surface area (Å²) in [6, 6.07) is 30.1. The summed E-state index contributed by atoms with van der Waals surface area (Å²) in [7, 11) is 0. The number of hydrogen-bond donors (Lipinski definition) is 0. The molecule has 6 heteroatoms. The summed E-state index contributed by atoms with van der Waals surface area (Å²) in [5.41, 5.74) is 3.96. The third-order valence-corrected chi connectivity index (χ3v) is 8.95. The fourth-order valence-corrected chi connectivity index (χ4v) is 7.41. The fourth-order valence-electron chi connectivity index (χ4n) is 4.99. The zero-order valence-corrected chi connectivity index (χ0v) is 19.5. The number of benzene rings is 4. The average molecular weight is 473 g/mol. The van der Waals surface area contributed by atoms with Crippen molar-refractivity contribution < 1.29 is 0 Å². The second-order valence-electron chi connectivity index (χ2n) is 8.38. The lowest BCUT2D eigenvalue weighted by Gasteiger charge is -2.04. The van der Waals surface area contributed by atoms with Gasteiger partial charge in [-0.1, -0.05) is 60.7 Å². The maximum atomic E-state index is 4.83. The topological polar surface area (TPSA) is 35.6 Å². The molecule has 0 fully saturated rings. The molecule has 0 unspecified atom stereocenters. The zero-order valence-electron chi connectivity index (χ0n) is 17.8. The molecule has 0 amide bonds. The first-order valence-electron chi connectivity index (χ1n) is 11.1. The Morgan fingerprint density at radius 2 is 0.912 bits per heavy atom. The number of nitrogens with zero attached hydrogens (tertiary/aromatic N) is 4. The highest BCUT2D eigenvalue weighted by Gasteiger charge is 2.18. The monoisotopic (exact) mass is 472 g/mol. The van der Waals surface area contributed by atoms with Crippen molar-refractivity contribution in [3.05, 3.63) is 97.6 Å². The summed E-state index contributed by atoms with van der Waals surface area (Å²) < 4.78 is 9.34. The molecular formula is C28H16N4S2. The van der Waals surface area contributed by atoms with E-state index in [9.17, 15) is 0 Å². The van der Waals surface area contributed by atoms with Crippen molar-refractivity contribution in [2.24, 2.45) is 0 Å². The van der Waals surface area contributed by atoms with Gasteiger partial charge in [-0.2, -0.15) is 0 Å². The summed E-state index contributed by atoms with van der Waals surface area (Å²) >= 11 is 3.64. The minimum absolute atomic E-state index is 0.864. The van der Waals surface area contributed by atoms with E-state index in [-0.39, 0.29) is 0 Å². The van der Waals surface area contributed by atoms with E-state index in [0.29, 0.717) is 0 Å². The number of imidazole rings is 2. The van der Waals surface area contributed by atoms with Crippen LogP contribution in [0.4, 0.5) is 0 Å². The predicted octanol–water partition coefficient (Wildman–Crippen LogP) is 7.95. The van der Waals surface area contributed by atoms with Crippen LogP contribution in [0, 0.1) is 0 Å². The quantitative estimate of drug-likeness (QED) is 0.256. The van der Waals surface area contributed by atoms with Crippen LogP contribution in [0.5, 0.6) is 0 Å². The third kappa shape index (κ3) is 2.41. The Hall–Kier alpha value is -4.00. The van der Waals surface area contributed by atoms with Crippen LogP contribution in [-0.4, -0.2) is 19.1 Å². The average Bonchev–Trinajstić information content (AvgIpc) is 3.64. The van der Waals surface area contributed by atoms with Gasteiger partial charge >= 0.3 is 0 Å². The number of rotatable bonds is 2. The molecule has 0 aliphatic heterocycles. The molecule has 160 valence electrons. The molecule has 4 aromatic heterocycles. The lowest BCUT2D eigenvalue weighted by molar-refractivity contribution is 1.04. The molecule has 0 aliphatic carbocycles. The van der Waals surface area contributed by atoms with Crippen LogP contribution < -0.4 is 0 Å². The molecule has 0 bridgehead atoms. The normalized spacial score (nSPS) is 12.1. The molecule has 8 aromatic rings. The van der Waals surface area contributed by atoms with E-state index in [2.05, 4.69) is 94.1 Å². The van der Waals surface area contributed by atoms with Crippen molar-refractivity contribution in [3.8, 4) is 11.4 Å². The summed E-state index contributed by atoms with van der Waals surface area (Å²) in [5.74, 6) is 0. The second kappa shape index (κ2) is 6.76. The van der Waals surface area contributed by atoms with Crippen molar-refractivity contribution in [1.29, 1.82) is 0 Å². The van der Waals surface area contributed by atoms with Gasteiger partial charge < -0.3 is 0 Å². The van der Waals surface area contributed by atoms with Gasteiger partial charge in [0.05, 0.1) is 20.8 Å². The molecule has 4 nitrogen and oxygen atoms in total. The van der Waals surface area contributed by atoms with Gasteiger partial charge in [0.1, 0.15) is 12.7 Å². The van der Waals surface area contributed by atoms with E-state index in [1.165, 1.54) is 40.3 Å². The van der Waals surface area contributed by atoms with Crippen molar-refractivity contribution in [1.82, 2.24) is 19.1 Å². The molecule has 8 rings (SSSR count). The highest BCUT2D eigenvalue weighted by Crippen LogP contribution is 2.39. The molecule has 0 spiro atoms. The van der Waals surface area contributed by atoms with E-state index in [1.54, 1.807) is 0 Å². The molecule has 34 heavy (non-hydrogen) atoms. The fraction of sp³-hybridized carbons (Fsp3) is 0. The number of fused-ring (bicyclic) bond motifs is 7. The van der Waals surface area contributed by atoms with Crippen LogP contribution in [0.1, 0.15) is 0 Å². The summed E-state index contributed by atoms with van der Waals surface area (Å²) in [6.45, 7) is 0. The van der Waals surface area contributed by atoms with Crippen molar-refractivity contribution in [2.45, 2.75) is 0 Å². The van der Waals surface area contributed by atoms with Crippen LogP contribution in [0.2, 0.25) is 0 Å². The van der Waals surface area contributed by atoms with Gasteiger partial charge in [-0.05, 0) is 24.3 Å². The molecule has 0 aliphatic rings. The second-order valence-corrected chi connectivity index (χ2v) is 10.5. The predicted molar refractivity (Wildman–Crippen MR) is 144 cm³/mol. The Kier molecular flexibility index (Phi) is 3.66. The van der Waals surface area contributed by atoms with Crippen molar-refractivity contribution in [3.63, 3.8) is 0 Å². The standard InChI is InChI=1S/C28H16N4S2/c1-3-13-23-17(7-1)19-9-5-11-21(25(19)33-23)31-15-29-28-27(31)30-16-32(28)22-12-6-10-20-18-8-2-4-14-24(18)34-26(20)22/h1-16H. The first-order chi connectivity index (χ1) is 16.9. The molecule has 4 heterocycles. The Bertz CT molecular complexity index is 1890. The van der Waals surface area contributed by atoms with Gasteiger partial charge in [0.25, 0.3) is 0 Å². The number of aromatic nitrogens is 4. The van der Waals surface area contributed by atoms with Crippen molar-refractivity contribution >= 4 is 74.3 Å². The molecule has 4 aromatic carbocycles. The lowest BCUT2D eigenvalue weighted by atomic mass is 10.1. The molecule has 0 N–H and O–H groups in total. The van der Waals surface area contributed by atoms with Crippen LogP contribution in [0.25, 0.3) is 63.0 Å². The first-order valence-corrected chi connectivity index (χ1v) is 12.7. The molecule has 0 radical (unpaired) electrons. The summed E-state index contributed by atoms with van der Waals surface area (Å²) in [4.78, 5) is 9.65. The number of thiophene rings is 2. The van der Waals surface area contributed by atoms with Crippen LogP contribution >= 0.6 is 22.7 Å². The molecular weight excluding hydrogens is 456 g/mol. The van der Waals surface area contributed by atoms with E-state index >= 15 is 0 Å². The Morgan fingerprint density at radius 3 is 1.41 bits per heavy atom. The largest absolute Gasteiger partial charge is 0.280 e. The van der Waals surface area contributed by atoms with Gasteiger partial charge in [-0.25, -0.2) is 9.97 Å². The van der Waals surface area contributed by atoms with Gasteiger partial charge in [-0.15, -0.1) is 22.7 Å². The number of hydrogen-bond acceptors (Lipinski definition) is 4. The highest BCUT2D eigenvalue weighted by molar-refractivity contribution is 7.26. The van der Waals surface area contributed by atoms with Gasteiger partial charge in [0.2, 0.25) is 0 Å². The Morgan fingerprint density at radius 1 is 0.471 bits per heavy atom. The Balaban J connectivity index is 1.37. The summed E-state index contributed by atoms with van der Waals surface area (Å²) in [6.07, 6.45) is 3.80. The zero-order chi connectivity index (χ0) is 22.2. The van der Waals surface area contributed by atoms with E-state index in [4.69, 9.17) is 9.97 Å². The molecule has 0 saturated carbocycles. The lowest BCUT2D eigenvalue weighted by Crippen LogP contribution is -1.92. The van der Waals surface area contributed by atoms with Crippen LogP contribution in [0.15, 0.2) is 97.6 Å². The van der Waals surface area contributed by atoms with Crippen LogP contribution in [-0.2, 0) is 0 Å². The highest BCUT2D eigenvalue weighted by atomic mass is 32.1. The smallest absolute Gasteiger partial charge is 0.184 e. The van der Waals surface area contributed by atoms with E-state index in [0.717, 1.165) is 22.7 Å². The SMILES string of the molecule is c1ccc2c(c1)sc1c(-n3cnc4c3ncn4-c3cccc4c3sc3ccccc34)cccc12. The third-order valence-electron chi connectivity index (χ3n) is 6.53. The minimum Gasteiger partial charge on any atom is -0.280 e. The first kappa shape index (κ1) is 18.4. The van der Waals surface area contributed by atoms with Crippen molar-refractivity contribution in [2.75, 3.05) is 0 Å². The molecule has 0 saturated heterocycles. The maximum Gasteiger partial charge on any atom is 0.184 e. The van der Waals surface area contributed by atoms with Gasteiger partial charge in [-0.3, -0.25) is 9.13 Å². The maximum absolute atomic E-state index is 4.83. The van der Waals surface area contributed by atoms with E-state index in [1.807, 2.05) is 35.3 Å². The van der Waals surface area contributed by atoms with Gasteiger partial charge in [0, 0.05) is 30.9 Å². The molecule has 0 atom stereocenters. The van der Waals surface area contributed by atoms with Gasteiger partial charge in [0.15, 0.2) is 11.3 Å². The summed E-state index contributed by atoms with van der Waals surface area (Å²) in [5, 5.41) is 5.13. The van der Waals surface area contributed by atoms with E-state index < -0.39 is 0 Å².